The molecule has 0 radical (unpaired) electrons. The Morgan fingerprint density at radius 3 is 2.62 bits per heavy atom. The molecule has 13 heteroatoms. The zero-order chi connectivity index (χ0) is 26.7. The molecule has 1 aliphatic carbocycles. The second-order valence-electron chi connectivity index (χ2n) is 8.44. The largest absolute Gasteiger partial charge is 0.351 e. The normalized spacial score (nSPS) is 13.6. The van der Waals surface area contributed by atoms with Crippen LogP contribution in [0.5, 0.6) is 0 Å². The molecule has 0 spiro atoms. The number of hydroxylamine groups is 1. The number of aromatic nitrogens is 1. The van der Waals surface area contributed by atoms with Crippen LogP contribution < -0.4 is 10.8 Å². The van der Waals surface area contributed by atoms with E-state index in [2.05, 4.69) is 15.8 Å². The number of sulfonamides is 1. The molecule has 8 nitrogen and oxygen atoms in total. The van der Waals surface area contributed by atoms with Crippen molar-refractivity contribution in [3.8, 4) is 0 Å². The first-order chi connectivity index (χ1) is 17.6. The van der Waals surface area contributed by atoms with E-state index >= 15 is 8.78 Å². The maximum atomic E-state index is 15.5. The Bertz CT molecular complexity index is 1430. The van der Waals surface area contributed by atoms with Crippen LogP contribution in [0.3, 0.4) is 0 Å². The number of carbonyl (C=O) groups is 1. The Hall–Kier alpha value is -2.39. The molecular weight excluding hydrogens is 641 g/mol. The van der Waals surface area contributed by atoms with Gasteiger partial charge in [0.15, 0.2) is 11.6 Å². The van der Waals surface area contributed by atoms with Gasteiger partial charge in [-0.05, 0) is 77.7 Å². The van der Waals surface area contributed by atoms with E-state index in [1.165, 1.54) is 19.3 Å². The average Bonchev–Trinajstić information content (AvgIpc) is 3.68. The summed E-state index contributed by atoms with van der Waals surface area (Å²) in [6.45, 7) is 0.0492. The van der Waals surface area contributed by atoms with Crippen molar-refractivity contribution in [2.24, 2.45) is 5.92 Å². The van der Waals surface area contributed by atoms with Crippen LogP contribution in [0.15, 0.2) is 53.6 Å². The van der Waals surface area contributed by atoms with Gasteiger partial charge in [-0.3, -0.25) is 14.6 Å². The molecule has 1 aliphatic rings. The maximum absolute atomic E-state index is 15.5. The van der Waals surface area contributed by atoms with E-state index in [1.807, 2.05) is 22.6 Å². The van der Waals surface area contributed by atoms with Gasteiger partial charge in [0, 0.05) is 16.8 Å². The van der Waals surface area contributed by atoms with E-state index in [-0.39, 0.29) is 23.9 Å². The third kappa shape index (κ3) is 6.55. The van der Waals surface area contributed by atoms with Gasteiger partial charge in [0.2, 0.25) is 10.0 Å². The van der Waals surface area contributed by atoms with E-state index in [0.29, 0.717) is 11.6 Å². The molecule has 196 valence electrons. The van der Waals surface area contributed by atoms with Gasteiger partial charge >= 0.3 is 0 Å². The predicted molar refractivity (Wildman–Crippen MR) is 143 cm³/mol. The topological polar surface area (TPSA) is 101 Å². The fraction of sp³-hybridized carbons (Fsp3) is 0.250. The molecule has 0 atom stereocenters. The minimum Gasteiger partial charge on any atom is -0.351 e. The zero-order valence-electron chi connectivity index (χ0n) is 19.5. The van der Waals surface area contributed by atoms with Gasteiger partial charge in [-0.1, -0.05) is 17.7 Å². The van der Waals surface area contributed by atoms with Gasteiger partial charge in [-0.25, -0.2) is 22.7 Å². The molecule has 0 bridgehead atoms. The first kappa shape index (κ1) is 27.6. The summed E-state index contributed by atoms with van der Waals surface area (Å²) in [6, 6.07) is 10.5. The third-order valence-electron chi connectivity index (χ3n) is 5.59. The predicted octanol–water partition coefficient (Wildman–Crippen LogP) is 5.25. The highest BCUT2D eigenvalue weighted by Gasteiger charge is 2.32. The van der Waals surface area contributed by atoms with Gasteiger partial charge in [-0.15, -0.1) is 0 Å². The minimum atomic E-state index is -4.57. The molecule has 2 N–H and O–H groups in total. The molecule has 3 aromatic rings. The second kappa shape index (κ2) is 11.6. The fourth-order valence-corrected chi connectivity index (χ4v) is 5.48. The summed E-state index contributed by atoms with van der Waals surface area (Å²) in [4.78, 5) is 21.2. The Balaban J connectivity index is 1.74. The highest BCUT2D eigenvalue weighted by atomic mass is 127. The van der Waals surface area contributed by atoms with Gasteiger partial charge in [0.1, 0.15) is 4.90 Å². The smallest absolute Gasteiger partial charge is 0.277 e. The van der Waals surface area contributed by atoms with Gasteiger partial charge in [0.25, 0.3) is 5.91 Å². The Morgan fingerprint density at radius 1 is 1.22 bits per heavy atom. The van der Waals surface area contributed by atoms with Crippen molar-refractivity contribution in [2.45, 2.75) is 24.3 Å². The monoisotopic (exact) mass is 662 g/mol. The molecule has 1 aromatic heterocycles. The number of anilines is 2. The lowest BCUT2D eigenvalue weighted by atomic mass is 10.1. The molecule has 1 heterocycles. The highest BCUT2D eigenvalue weighted by Crippen LogP contribution is 2.35. The van der Waals surface area contributed by atoms with Crippen LogP contribution in [0.1, 0.15) is 28.9 Å². The number of benzene rings is 2. The second-order valence-corrected chi connectivity index (χ2v) is 12.1. The van der Waals surface area contributed by atoms with Crippen LogP contribution in [0, 0.1) is 21.1 Å². The lowest BCUT2D eigenvalue weighted by Gasteiger charge is -2.20. The van der Waals surface area contributed by atoms with Gasteiger partial charge in [0.05, 0.1) is 40.8 Å². The first-order valence-electron chi connectivity index (χ1n) is 11.1. The van der Waals surface area contributed by atoms with Crippen molar-refractivity contribution in [3.63, 3.8) is 0 Å². The lowest BCUT2D eigenvalue weighted by molar-refractivity contribution is 0.0270. The van der Waals surface area contributed by atoms with Crippen molar-refractivity contribution in [3.05, 3.63) is 80.1 Å². The van der Waals surface area contributed by atoms with Crippen molar-refractivity contribution >= 4 is 61.5 Å². The average molecular weight is 663 g/mol. The van der Waals surface area contributed by atoms with Crippen LogP contribution in [-0.4, -0.2) is 37.3 Å². The molecule has 0 saturated heterocycles. The standard InChI is InChI=1S/C24H22ClF2IN4O4S/c1-32(12-16-4-2-3-9-29-16)37(34,35)20-11-17(24(33)31-36-13-14-5-6-14)23(22(27)21(20)26)30-19-8-7-15(28)10-18(19)25/h2-4,7-11,14,30H,5-6,12-13H2,1H3,(H,31,33). The molecule has 2 aromatic carbocycles. The Labute approximate surface area is 231 Å². The van der Waals surface area contributed by atoms with Crippen LogP contribution in [0.2, 0.25) is 5.02 Å². The van der Waals surface area contributed by atoms with Crippen molar-refractivity contribution < 1.29 is 26.8 Å². The van der Waals surface area contributed by atoms with Crippen LogP contribution in [0.4, 0.5) is 20.2 Å². The summed E-state index contributed by atoms with van der Waals surface area (Å²) in [5, 5.41) is 2.82. The summed E-state index contributed by atoms with van der Waals surface area (Å²) in [5.74, 6) is -3.85. The van der Waals surface area contributed by atoms with Gasteiger partial charge in [-0.2, -0.15) is 4.31 Å². The summed E-state index contributed by atoms with van der Waals surface area (Å²) in [5.41, 5.74) is 1.72. The van der Waals surface area contributed by atoms with E-state index in [4.69, 9.17) is 16.4 Å². The van der Waals surface area contributed by atoms with Crippen molar-refractivity contribution in [1.29, 1.82) is 0 Å². The third-order valence-corrected chi connectivity index (χ3v) is 8.37. The summed E-state index contributed by atoms with van der Waals surface area (Å²) in [7, 11) is -3.37. The number of rotatable bonds is 10. The van der Waals surface area contributed by atoms with Crippen molar-refractivity contribution in [1.82, 2.24) is 14.8 Å². The van der Waals surface area contributed by atoms with E-state index in [1.54, 1.807) is 30.3 Å². The number of hydrogen-bond donors (Lipinski definition) is 2. The van der Waals surface area contributed by atoms with Crippen molar-refractivity contribution in [2.75, 3.05) is 19.0 Å². The minimum absolute atomic E-state index is 0.190. The molecule has 0 unspecified atom stereocenters. The molecule has 1 amide bonds. The number of amides is 1. The lowest BCUT2D eigenvalue weighted by Crippen LogP contribution is -2.30. The summed E-state index contributed by atoms with van der Waals surface area (Å²) in [6.07, 6.45) is 3.41. The highest BCUT2D eigenvalue weighted by molar-refractivity contribution is 14.1. The molecular formula is C24H22ClF2IN4O4S. The molecule has 4 rings (SSSR count). The molecule has 37 heavy (non-hydrogen) atoms. The number of pyridine rings is 1. The number of nitrogens with zero attached hydrogens (tertiary/aromatic N) is 2. The van der Waals surface area contributed by atoms with E-state index < -0.39 is 43.7 Å². The summed E-state index contributed by atoms with van der Waals surface area (Å²) < 4.78 is 58.9. The van der Waals surface area contributed by atoms with Crippen LogP contribution in [-0.2, 0) is 21.4 Å². The Kier molecular flexibility index (Phi) is 8.63. The number of carbonyl (C=O) groups excluding carboxylic acids is 1. The van der Waals surface area contributed by atoms with E-state index in [9.17, 15) is 13.2 Å². The fourth-order valence-electron chi connectivity index (χ4n) is 3.35. The molecule has 1 fully saturated rings. The molecule has 0 aliphatic heterocycles. The van der Waals surface area contributed by atoms with Crippen LogP contribution >= 0.6 is 34.2 Å². The van der Waals surface area contributed by atoms with E-state index in [0.717, 1.165) is 26.8 Å². The first-order valence-corrected chi connectivity index (χ1v) is 14.0. The molecule has 1 saturated carbocycles. The zero-order valence-corrected chi connectivity index (χ0v) is 23.2. The number of hydrogen-bond acceptors (Lipinski definition) is 6. The van der Waals surface area contributed by atoms with Gasteiger partial charge < -0.3 is 5.32 Å². The summed E-state index contributed by atoms with van der Waals surface area (Å²) >= 11 is 8.27. The maximum Gasteiger partial charge on any atom is 0.277 e. The quantitative estimate of drug-likeness (QED) is 0.227. The Morgan fingerprint density at radius 2 is 1.97 bits per heavy atom. The number of nitrogens with one attached hydrogen (secondary N) is 2. The SMILES string of the molecule is CN(Cc1ccccn1)S(=O)(=O)c1cc(C(=O)NOCC2CC2)c(Nc2ccc(I)cc2Cl)c(F)c1F. The van der Waals surface area contributed by atoms with Crippen LogP contribution in [0.25, 0.3) is 0 Å². The number of halogens is 4.